The second kappa shape index (κ2) is 8.72. The van der Waals surface area contributed by atoms with Gasteiger partial charge in [0.15, 0.2) is 0 Å². The lowest BCUT2D eigenvalue weighted by Crippen LogP contribution is -2.48. The van der Waals surface area contributed by atoms with Crippen molar-refractivity contribution in [3.8, 4) is 5.75 Å². The molecule has 0 aromatic heterocycles. The first-order valence-corrected chi connectivity index (χ1v) is 10.6. The molecule has 2 aromatic rings. The molecule has 1 fully saturated rings. The smallest absolute Gasteiger partial charge is 0.246 e. The summed E-state index contributed by atoms with van der Waals surface area (Å²) < 4.78 is 33.1. The van der Waals surface area contributed by atoms with Crippen molar-refractivity contribution in [2.45, 2.75) is 18.4 Å². The van der Waals surface area contributed by atoms with E-state index in [4.69, 9.17) is 4.74 Å². The third-order valence-corrected chi connectivity index (χ3v) is 6.60. The molecule has 0 unspecified atom stereocenters. The van der Waals surface area contributed by atoms with Crippen LogP contribution in [-0.4, -0.2) is 56.8 Å². The van der Waals surface area contributed by atoms with E-state index in [1.807, 2.05) is 18.2 Å². The summed E-state index contributed by atoms with van der Waals surface area (Å²) in [6, 6.07) is 14.8. The summed E-state index contributed by atoms with van der Waals surface area (Å²) in [7, 11) is -2.29. The Morgan fingerprint density at radius 3 is 2.36 bits per heavy atom. The van der Waals surface area contributed by atoms with Crippen molar-refractivity contribution in [3.63, 3.8) is 0 Å². The van der Waals surface area contributed by atoms with Crippen molar-refractivity contribution in [2.75, 3.05) is 38.6 Å². The van der Waals surface area contributed by atoms with Crippen molar-refractivity contribution in [2.24, 2.45) is 0 Å². The lowest BCUT2D eigenvalue weighted by molar-refractivity contribution is -0.114. The summed E-state index contributed by atoms with van der Waals surface area (Å²) >= 11 is 0. The molecule has 0 spiro atoms. The highest BCUT2D eigenvalue weighted by atomic mass is 32.2. The molecular formula is C20H25N3O4S. The number of methoxy groups -OCH3 is 1. The van der Waals surface area contributed by atoms with E-state index in [2.05, 4.69) is 22.3 Å². The third-order valence-electron chi connectivity index (χ3n) is 4.68. The minimum Gasteiger partial charge on any atom is -0.495 e. The number of ether oxygens (including phenoxy) is 1. The highest BCUT2D eigenvalue weighted by Crippen LogP contribution is 2.30. The Kier molecular flexibility index (Phi) is 6.33. The van der Waals surface area contributed by atoms with Crippen LogP contribution in [0.3, 0.4) is 0 Å². The average molecular weight is 404 g/mol. The molecule has 1 aliphatic rings. The predicted molar refractivity (Wildman–Crippen MR) is 108 cm³/mol. The second-order valence-corrected chi connectivity index (χ2v) is 8.62. The monoisotopic (exact) mass is 403 g/mol. The number of carbonyl (C=O) groups is 1. The molecule has 3 rings (SSSR count). The van der Waals surface area contributed by atoms with Crippen molar-refractivity contribution in [1.29, 1.82) is 0 Å². The first-order chi connectivity index (χ1) is 13.4. The molecule has 1 heterocycles. The molecule has 1 amide bonds. The van der Waals surface area contributed by atoms with E-state index in [1.165, 1.54) is 30.0 Å². The SMILES string of the molecule is COc1ccc(NC(C)=O)cc1S(=O)(=O)N1CCN(Cc2ccccc2)CC1. The Labute approximate surface area is 166 Å². The van der Waals surface area contributed by atoms with Crippen LogP contribution in [0.4, 0.5) is 5.69 Å². The van der Waals surface area contributed by atoms with Crippen LogP contribution < -0.4 is 10.1 Å². The zero-order valence-electron chi connectivity index (χ0n) is 16.1. The number of rotatable bonds is 6. The van der Waals surface area contributed by atoms with Gasteiger partial charge < -0.3 is 10.1 Å². The highest BCUT2D eigenvalue weighted by Gasteiger charge is 2.31. The van der Waals surface area contributed by atoms with Crippen LogP contribution in [0.5, 0.6) is 5.75 Å². The normalized spacial score (nSPS) is 15.9. The third kappa shape index (κ3) is 4.70. The summed E-state index contributed by atoms with van der Waals surface area (Å²) in [5.74, 6) is 0.00357. The molecule has 0 atom stereocenters. The van der Waals surface area contributed by atoms with Crippen molar-refractivity contribution in [1.82, 2.24) is 9.21 Å². The topological polar surface area (TPSA) is 78.9 Å². The zero-order valence-corrected chi connectivity index (χ0v) is 16.9. The van der Waals surface area contributed by atoms with E-state index in [0.29, 0.717) is 31.9 Å². The van der Waals surface area contributed by atoms with Gasteiger partial charge in [0.2, 0.25) is 15.9 Å². The molecule has 1 saturated heterocycles. The summed E-state index contributed by atoms with van der Waals surface area (Å²) in [4.78, 5) is 13.6. The van der Waals surface area contributed by atoms with Crippen LogP contribution >= 0.6 is 0 Å². The van der Waals surface area contributed by atoms with E-state index in [9.17, 15) is 13.2 Å². The maximum atomic E-state index is 13.2. The second-order valence-electron chi connectivity index (χ2n) is 6.71. The number of piperazine rings is 1. The van der Waals surface area contributed by atoms with Crippen LogP contribution in [0.15, 0.2) is 53.4 Å². The fourth-order valence-electron chi connectivity index (χ4n) is 3.27. The lowest BCUT2D eigenvalue weighted by Gasteiger charge is -2.34. The molecule has 0 bridgehead atoms. The number of anilines is 1. The quantitative estimate of drug-likeness (QED) is 0.800. The number of hydrogen-bond acceptors (Lipinski definition) is 5. The molecule has 1 N–H and O–H groups in total. The van der Waals surface area contributed by atoms with Crippen molar-refractivity contribution < 1.29 is 17.9 Å². The molecule has 7 nitrogen and oxygen atoms in total. The van der Waals surface area contributed by atoms with Gasteiger partial charge in [-0.1, -0.05) is 30.3 Å². The Morgan fingerprint density at radius 1 is 1.07 bits per heavy atom. The minimum atomic E-state index is -3.73. The maximum Gasteiger partial charge on any atom is 0.246 e. The number of nitrogens with zero attached hydrogens (tertiary/aromatic N) is 2. The first-order valence-electron chi connectivity index (χ1n) is 9.12. The molecule has 2 aromatic carbocycles. The molecule has 8 heteroatoms. The van der Waals surface area contributed by atoms with Gasteiger partial charge in [-0.2, -0.15) is 4.31 Å². The summed E-state index contributed by atoms with van der Waals surface area (Å²) in [6.45, 7) is 4.30. The number of nitrogens with one attached hydrogen (secondary N) is 1. The van der Waals surface area contributed by atoms with Gasteiger partial charge in [0.25, 0.3) is 0 Å². The summed E-state index contributed by atoms with van der Waals surface area (Å²) in [6.07, 6.45) is 0. The number of sulfonamides is 1. The van der Waals surface area contributed by atoms with Gasteiger partial charge in [0.05, 0.1) is 7.11 Å². The molecule has 1 aliphatic heterocycles. The molecule has 0 aliphatic carbocycles. The molecule has 0 saturated carbocycles. The predicted octanol–water partition coefficient (Wildman–Crippen LogP) is 2.16. The summed E-state index contributed by atoms with van der Waals surface area (Å²) in [5.41, 5.74) is 1.64. The Balaban J connectivity index is 1.74. The van der Waals surface area contributed by atoms with Crippen LogP contribution in [0.1, 0.15) is 12.5 Å². The lowest BCUT2D eigenvalue weighted by atomic mass is 10.2. The van der Waals surface area contributed by atoms with E-state index < -0.39 is 10.0 Å². The zero-order chi connectivity index (χ0) is 20.1. The van der Waals surface area contributed by atoms with E-state index in [0.717, 1.165) is 6.54 Å². The van der Waals surface area contributed by atoms with Crippen LogP contribution in [0, 0.1) is 0 Å². The fraction of sp³-hybridized carbons (Fsp3) is 0.350. The van der Waals surface area contributed by atoms with Gasteiger partial charge in [-0.15, -0.1) is 0 Å². The minimum absolute atomic E-state index is 0.0674. The Bertz CT molecular complexity index is 924. The van der Waals surface area contributed by atoms with E-state index >= 15 is 0 Å². The van der Waals surface area contributed by atoms with Crippen LogP contribution in [0.25, 0.3) is 0 Å². The van der Waals surface area contributed by atoms with Crippen LogP contribution in [-0.2, 0) is 21.4 Å². The van der Waals surface area contributed by atoms with Crippen molar-refractivity contribution in [3.05, 3.63) is 54.1 Å². The fourth-order valence-corrected chi connectivity index (χ4v) is 4.87. The van der Waals surface area contributed by atoms with Crippen molar-refractivity contribution >= 4 is 21.6 Å². The van der Waals surface area contributed by atoms with Gasteiger partial charge in [-0.05, 0) is 23.8 Å². The maximum absolute atomic E-state index is 13.2. The molecular weight excluding hydrogens is 378 g/mol. The van der Waals surface area contributed by atoms with Crippen LogP contribution in [0.2, 0.25) is 0 Å². The number of benzene rings is 2. The summed E-state index contributed by atoms with van der Waals surface area (Å²) in [5, 5.41) is 2.62. The number of hydrogen-bond donors (Lipinski definition) is 1. The van der Waals surface area contributed by atoms with Gasteiger partial charge >= 0.3 is 0 Å². The van der Waals surface area contributed by atoms with Gasteiger partial charge in [0.1, 0.15) is 10.6 Å². The Hall–Kier alpha value is -2.42. The Morgan fingerprint density at radius 2 is 1.75 bits per heavy atom. The molecule has 28 heavy (non-hydrogen) atoms. The van der Waals surface area contributed by atoms with Gasteiger partial charge in [-0.3, -0.25) is 9.69 Å². The largest absolute Gasteiger partial charge is 0.495 e. The standard InChI is InChI=1S/C20H25N3O4S/c1-16(24)21-18-8-9-19(27-2)20(14-18)28(25,26)23-12-10-22(11-13-23)15-17-6-4-3-5-7-17/h3-9,14H,10-13,15H2,1-2H3,(H,21,24). The van der Waals surface area contributed by atoms with E-state index in [-0.39, 0.29) is 16.6 Å². The number of amides is 1. The van der Waals surface area contributed by atoms with Gasteiger partial charge in [0, 0.05) is 45.3 Å². The average Bonchev–Trinajstić information content (AvgIpc) is 2.69. The number of carbonyl (C=O) groups excluding carboxylic acids is 1. The molecule has 0 radical (unpaired) electrons. The molecule has 150 valence electrons. The van der Waals surface area contributed by atoms with Gasteiger partial charge in [-0.25, -0.2) is 8.42 Å². The highest BCUT2D eigenvalue weighted by molar-refractivity contribution is 7.89. The first kappa shape index (κ1) is 20.3. The van der Waals surface area contributed by atoms with E-state index in [1.54, 1.807) is 12.1 Å².